The molecule has 0 saturated heterocycles. The maximum atomic E-state index is 12.3. The van der Waals surface area contributed by atoms with Crippen molar-refractivity contribution in [2.45, 2.75) is 19.3 Å². The summed E-state index contributed by atoms with van der Waals surface area (Å²) in [5.74, 6) is 0.804. The number of hydrogen-bond acceptors (Lipinski definition) is 3. The van der Waals surface area contributed by atoms with E-state index in [1.807, 2.05) is 23.1 Å². The number of ether oxygens (including phenoxy) is 1. The van der Waals surface area contributed by atoms with E-state index in [4.69, 9.17) is 16.3 Å². The fourth-order valence-corrected chi connectivity index (χ4v) is 3.26. The van der Waals surface area contributed by atoms with Crippen LogP contribution >= 0.6 is 11.6 Å². The lowest BCUT2D eigenvalue weighted by Crippen LogP contribution is -2.30. The van der Waals surface area contributed by atoms with Crippen molar-refractivity contribution in [1.29, 1.82) is 0 Å². The van der Waals surface area contributed by atoms with Crippen LogP contribution in [0.3, 0.4) is 0 Å². The number of amides is 2. The van der Waals surface area contributed by atoms with Gasteiger partial charge in [-0.3, -0.25) is 9.59 Å². The second-order valence-corrected chi connectivity index (χ2v) is 7.08. The van der Waals surface area contributed by atoms with Gasteiger partial charge in [0.2, 0.25) is 5.91 Å². The number of anilines is 2. The smallest absolute Gasteiger partial charge is 0.262 e. The highest BCUT2D eigenvalue weighted by Gasteiger charge is 2.36. The van der Waals surface area contributed by atoms with Gasteiger partial charge in [-0.05, 0) is 67.3 Å². The number of benzene rings is 2. The van der Waals surface area contributed by atoms with Crippen LogP contribution in [0.2, 0.25) is 5.02 Å². The first-order valence-corrected chi connectivity index (χ1v) is 9.10. The topological polar surface area (TPSA) is 58.6 Å². The second kappa shape index (κ2) is 7.00. The summed E-state index contributed by atoms with van der Waals surface area (Å²) in [6.45, 7) is 0.646. The first kappa shape index (κ1) is 16.9. The Hall–Kier alpha value is -2.53. The molecule has 6 heteroatoms. The third-order valence-corrected chi connectivity index (χ3v) is 4.89. The molecule has 2 aromatic rings. The minimum Gasteiger partial charge on any atom is -0.484 e. The van der Waals surface area contributed by atoms with Gasteiger partial charge in [0.05, 0.1) is 0 Å². The summed E-state index contributed by atoms with van der Waals surface area (Å²) in [5, 5.41) is 3.46. The van der Waals surface area contributed by atoms with Crippen LogP contribution in [0.5, 0.6) is 5.75 Å². The number of carbonyl (C=O) groups excluding carboxylic acids is 2. The van der Waals surface area contributed by atoms with Crippen LogP contribution in [0, 0.1) is 5.92 Å². The van der Waals surface area contributed by atoms with Crippen LogP contribution in [0.15, 0.2) is 42.5 Å². The van der Waals surface area contributed by atoms with Crippen LogP contribution in [0.1, 0.15) is 18.4 Å². The highest BCUT2D eigenvalue weighted by molar-refractivity contribution is 6.30. The lowest BCUT2D eigenvalue weighted by Gasteiger charge is -2.17. The molecule has 1 aliphatic heterocycles. The molecule has 1 aliphatic carbocycles. The predicted octanol–water partition coefficient (Wildman–Crippen LogP) is 3.66. The summed E-state index contributed by atoms with van der Waals surface area (Å²) in [5.41, 5.74) is 2.78. The van der Waals surface area contributed by atoms with Gasteiger partial charge in [-0.2, -0.15) is 0 Å². The highest BCUT2D eigenvalue weighted by atomic mass is 35.5. The molecular formula is C20H19ClN2O3. The summed E-state index contributed by atoms with van der Waals surface area (Å²) in [7, 11) is 0. The molecule has 0 radical (unpaired) electrons. The molecule has 0 spiro atoms. The molecule has 1 fully saturated rings. The number of rotatable bonds is 5. The second-order valence-electron chi connectivity index (χ2n) is 6.65. The monoisotopic (exact) mass is 370 g/mol. The van der Waals surface area contributed by atoms with Crippen molar-refractivity contribution in [3.8, 4) is 5.75 Å². The van der Waals surface area contributed by atoms with Gasteiger partial charge in [-0.15, -0.1) is 0 Å². The summed E-state index contributed by atoms with van der Waals surface area (Å²) >= 11 is 5.82. The zero-order valence-electron chi connectivity index (χ0n) is 14.2. The van der Waals surface area contributed by atoms with E-state index < -0.39 is 0 Å². The molecule has 134 valence electrons. The average molecular weight is 371 g/mol. The molecule has 4 rings (SSSR count). The van der Waals surface area contributed by atoms with Crippen LogP contribution in [-0.4, -0.2) is 25.0 Å². The Morgan fingerprint density at radius 2 is 1.92 bits per heavy atom. The molecule has 5 nitrogen and oxygen atoms in total. The van der Waals surface area contributed by atoms with E-state index in [0.29, 0.717) is 16.5 Å². The molecular weight excluding hydrogens is 352 g/mol. The minimum atomic E-state index is -0.233. The van der Waals surface area contributed by atoms with Gasteiger partial charge in [-0.25, -0.2) is 0 Å². The minimum absolute atomic E-state index is 0.0784. The Kier molecular flexibility index (Phi) is 4.55. The van der Waals surface area contributed by atoms with Crippen molar-refractivity contribution >= 4 is 34.8 Å². The molecule has 0 aromatic heterocycles. The first-order chi connectivity index (χ1) is 12.6. The van der Waals surface area contributed by atoms with E-state index in [-0.39, 0.29) is 24.3 Å². The summed E-state index contributed by atoms with van der Waals surface area (Å²) in [6.07, 6.45) is 2.83. The SMILES string of the molecule is O=C(COc1ccc(Cl)cc1)Nc1ccc2c(c1)CCN2C(=O)C1CC1. The molecule has 0 bridgehead atoms. The number of fused-ring (bicyclic) bond motifs is 1. The van der Waals surface area contributed by atoms with E-state index in [1.165, 1.54) is 0 Å². The Labute approximate surface area is 156 Å². The van der Waals surface area contributed by atoms with E-state index in [0.717, 1.165) is 37.1 Å². The third kappa shape index (κ3) is 3.68. The van der Waals surface area contributed by atoms with Gasteiger partial charge >= 0.3 is 0 Å². The molecule has 1 saturated carbocycles. The van der Waals surface area contributed by atoms with Crippen molar-refractivity contribution in [3.05, 3.63) is 53.1 Å². The van der Waals surface area contributed by atoms with Gasteiger partial charge in [0, 0.05) is 28.9 Å². The summed E-state index contributed by atoms with van der Waals surface area (Å²) in [4.78, 5) is 26.3. The van der Waals surface area contributed by atoms with Gasteiger partial charge in [0.1, 0.15) is 5.75 Å². The maximum Gasteiger partial charge on any atom is 0.262 e. The Morgan fingerprint density at radius 1 is 1.15 bits per heavy atom. The molecule has 2 amide bonds. The van der Waals surface area contributed by atoms with Crippen molar-refractivity contribution in [2.24, 2.45) is 5.92 Å². The number of carbonyl (C=O) groups is 2. The van der Waals surface area contributed by atoms with Crippen LogP contribution in [-0.2, 0) is 16.0 Å². The number of halogens is 1. The van der Waals surface area contributed by atoms with Gasteiger partial charge in [0.15, 0.2) is 6.61 Å². The van der Waals surface area contributed by atoms with Crippen molar-refractivity contribution < 1.29 is 14.3 Å². The first-order valence-electron chi connectivity index (χ1n) is 8.73. The summed E-state index contributed by atoms with van der Waals surface area (Å²) < 4.78 is 5.45. The van der Waals surface area contributed by atoms with Gasteiger partial charge in [-0.1, -0.05) is 11.6 Å². The lowest BCUT2D eigenvalue weighted by atomic mass is 10.1. The normalized spacial score (nSPS) is 15.5. The Morgan fingerprint density at radius 3 is 2.65 bits per heavy atom. The van der Waals surface area contributed by atoms with Gasteiger partial charge in [0.25, 0.3) is 5.91 Å². The number of hydrogen-bond donors (Lipinski definition) is 1. The van der Waals surface area contributed by atoms with Crippen LogP contribution in [0.25, 0.3) is 0 Å². The van der Waals surface area contributed by atoms with E-state index in [2.05, 4.69) is 5.32 Å². The zero-order chi connectivity index (χ0) is 18.1. The van der Waals surface area contributed by atoms with E-state index in [1.54, 1.807) is 24.3 Å². The zero-order valence-corrected chi connectivity index (χ0v) is 15.0. The standard InChI is InChI=1S/C20H19ClN2O3/c21-15-3-6-17(7-4-15)26-12-19(24)22-16-5-8-18-14(11-16)9-10-23(18)20(25)13-1-2-13/h3-8,11,13H,1-2,9-10,12H2,(H,22,24). The van der Waals surface area contributed by atoms with Crippen LogP contribution < -0.4 is 15.0 Å². The highest BCUT2D eigenvalue weighted by Crippen LogP contribution is 2.37. The average Bonchev–Trinajstić information content (AvgIpc) is 3.40. The Balaban J connectivity index is 1.36. The molecule has 0 unspecified atom stereocenters. The van der Waals surface area contributed by atoms with Gasteiger partial charge < -0.3 is 15.0 Å². The quantitative estimate of drug-likeness (QED) is 0.873. The lowest BCUT2D eigenvalue weighted by molar-refractivity contribution is -0.120. The fraction of sp³-hybridized carbons (Fsp3) is 0.300. The fourth-order valence-electron chi connectivity index (χ4n) is 3.14. The van der Waals surface area contributed by atoms with Crippen molar-refractivity contribution in [3.63, 3.8) is 0 Å². The van der Waals surface area contributed by atoms with E-state index in [9.17, 15) is 9.59 Å². The number of nitrogens with one attached hydrogen (secondary N) is 1. The molecule has 2 aliphatic rings. The molecule has 2 aromatic carbocycles. The predicted molar refractivity (Wildman–Crippen MR) is 101 cm³/mol. The molecule has 1 heterocycles. The largest absolute Gasteiger partial charge is 0.484 e. The maximum absolute atomic E-state index is 12.3. The molecule has 26 heavy (non-hydrogen) atoms. The van der Waals surface area contributed by atoms with Crippen LogP contribution in [0.4, 0.5) is 11.4 Å². The third-order valence-electron chi connectivity index (χ3n) is 4.63. The van der Waals surface area contributed by atoms with E-state index >= 15 is 0 Å². The number of nitrogens with zero attached hydrogens (tertiary/aromatic N) is 1. The molecule has 1 N–H and O–H groups in total. The van der Waals surface area contributed by atoms with Crippen molar-refractivity contribution in [1.82, 2.24) is 0 Å². The molecule has 0 atom stereocenters. The Bertz CT molecular complexity index is 847. The summed E-state index contributed by atoms with van der Waals surface area (Å²) in [6, 6.07) is 12.5. The van der Waals surface area contributed by atoms with Crippen molar-refractivity contribution in [2.75, 3.05) is 23.4 Å².